The molecule has 0 spiro atoms. The van der Waals surface area contributed by atoms with Crippen LogP contribution in [-0.2, 0) is 14.3 Å². The third-order valence-corrected chi connectivity index (χ3v) is 4.07. The van der Waals surface area contributed by atoms with E-state index in [1.165, 1.54) is 0 Å². The summed E-state index contributed by atoms with van der Waals surface area (Å²) >= 11 is 0. The van der Waals surface area contributed by atoms with E-state index in [0.717, 1.165) is 18.9 Å². The maximum Gasteiger partial charge on any atom is 0.330 e. The number of ether oxygens (including phenoxy) is 1. The van der Waals surface area contributed by atoms with Gasteiger partial charge < -0.3 is 14.1 Å². The number of carbonyl (C=O) groups excluding carboxylic acids is 2. The van der Waals surface area contributed by atoms with Crippen LogP contribution in [0.1, 0.15) is 26.2 Å². The minimum atomic E-state index is -1.76. The fourth-order valence-corrected chi connectivity index (χ4v) is 3.05. The first-order valence-corrected chi connectivity index (χ1v) is 8.30. The van der Waals surface area contributed by atoms with Gasteiger partial charge >= 0.3 is 5.97 Å². The van der Waals surface area contributed by atoms with E-state index >= 15 is 0 Å². The van der Waals surface area contributed by atoms with Gasteiger partial charge in [0.05, 0.1) is 21.1 Å². The van der Waals surface area contributed by atoms with Gasteiger partial charge in [0.2, 0.25) is 5.52 Å². The first-order valence-electron chi connectivity index (χ1n) is 6.82. The van der Waals surface area contributed by atoms with Crippen LogP contribution < -0.4 is 0 Å². The zero-order chi connectivity index (χ0) is 15.8. The van der Waals surface area contributed by atoms with Crippen molar-refractivity contribution in [1.82, 2.24) is 0 Å². The lowest BCUT2D eigenvalue weighted by Gasteiger charge is -2.25. The molecule has 0 radical (unpaired) electrons. The Labute approximate surface area is 123 Å². The molecule has 0 aromatic rings. The first-order chi connectivity index (χ1) is 9.19. The Bertz CT molecular complexity index is 339. The smallest absolute Gasteiger partial charge is 0.330 e. The topological polar surface area (TPSA) is 63.6 Å². The molecule has 0 saturated heterocycles. The Morgan fingerprint density at radius 2 is 2.00 bits per heavy atom. The van der Waals surface area contributed by atoms with Crippen LogP contribution in [0, 0.1) is 0 Å². The maximum absolute atomic E-state index is 11.9. The molecule has 6 heteroatoms. The Morgan fingerprint density at radius 3 is 2.45 bits per heavy atom. The zero-order valence-corrected chi connectivity index (χ0v) is 13.9. The van der Waals surface area contributed by atoms with Crippen LogP contribution in [0.3, 0.4) is 0 Å². The van der Waals surface area contributed by atoms with Crippen LogP contribution >= 0.6 is 8.15 Å². The fourth-order valence-electron chi connectivity index (χ4n) is 1.61. The van der Waals surface area contributed by atoms with Crippen molar-refractivity contribution in [3.63, 3.8) is 0 Å². The number of hydrogen-bond acceptors (Lipinski definition) is 4. The highest BCUT2D eigenvalue weighted by Gasteiger charge is 2.26. The van der Waals surface area contributed by atoms with Crippen LogP contribution in [0.25, 0.3) is 0 Å². The van der Waals surface area contributed by atoms with Crippen molar-refractivity contribution in [3.05, 3.63) is 12.7 Å². The monoisotopic (exact) mass is 304 g/mol. The second kappa shape index (κ2) is 9.22. The Kier molecular flexibility index (Phi) is 8.86. The molecule has 0 rings (SSSR count). The van der Waals surface area contributed by atoms with E-state index in [-0.39, 0.29) is 18.2 Å². The minimum Gasteiger partial charge on any atom is -0.459 e. The Morgan fingerprint density at radius 1 is 1.40 bits per heavy atom. The summed E-state index contributed by atoms with van der Waals surface area (Å²) in [6.45, 7) is 5.67. The summed E-state index contributed by atoms with van der Waals surface area (Å²) in [5.41, 5.74) is -0.163. The highest BCUT2D eigenvalue weighted by Crippen LogP contribution is 2.34. The highest BCUT2D eigenvalue weighted by atomic mass is 31.1. The number of esters is 1. The summed E-state index contributed by atoms with van der Waals surface area (Å²) in [4.78, 5) is 33.2. The minimum absolute atomic E-state index is 0.163. The SMILES string of the molecule is C=CC(=O)OC(CCCC)CP(O)C(=O)C[N+](C)(C)C. The van der Waals surface area contributed by atoms with Crippen molar-refractivity contribution in [1.29, 1.82) is 0 Å². The van der Waals surface area contributed by atoms with E-state index in [4.69, 9.17) is 4.74 Å². The fraction of sp³-hybridized carbons (Fsp3) is 0.714. The van der Waals surface area contributed by atoms with E-state index in [9.17, 15) is 14.5 Å². The number of unbranched alkanes of at least 4 members (excludes halogenated alkanes) is 1. The Balaban J connectivity index is 4.50. The summed E-state index contributed by atoms with van der Waals surface area (Å²) in [5.74, 6) is -0.506. The molecule has 1 N–H and O–H groups in total. The summed E-state index contributed by atoms with van der Waals surface area (Å²) in [6, 6.07) is 0. The van der Waals surface area contributed by atoms with Gasteiger partial charge in [0.15, 0.2) is 0 Å². The van der Waals surface area contributed by atoms with Gasteiger partial charge in [-0.05, 0) is 6.42 Å². The lowest BCUT2D eigenvalue weighted by atomic mass is 10.2. The first kappa shape index (κ1) is 19.2. The predicted octanol–water partition coefficient (Wildman–Crippen LogP) is 1.90. The van der Waals surface area contributed by atoms with Crippen molar-refractivity contribution in [2.45, 2.75) is 32.3 Å². The summed E-state index contributed by atoms with van der Waals surface area (Å²) in [6.07, 6.45) is 3.43. The van der Waals surface area contributed by atoms with Crippen molar-refractivity contribution in [2.75, 3.05) is 33.8 Å². The lowest BCUT2D eigenvalue weighted by molar-refractivity contribution is -0.861. The zero-order valence-electron chi connectivity index (χ0n) is 13.0. The largest absolute Gasteiger partial charge is 0.459 e. The van der Waals surface area contributed by atoms with Gasteiger partial charge in [-0.15, -0.1) is 0 Å². The van der Waals surface area contributed by atoms with Gasteiger partial charge in [-0.25, -0.2) is 4.79 Å². The number of likely N-dealkylation sites (N-methyl/N-ethyl adjacent to an activating group) is 1. The molecular formula is C14H27NO4P+. The number of quaternary nitrogens is 1. The predicted molar refractivity (Wildman–Crippen MR) is 81.5 cm³/mol. The van der Waals surface area contributed by atoms with Crippen LogP contribution in [0.4, 0.5) is 0 Å². The molecule has 2 atom stereocenters. The molecule has 0 aliphatic carbocycles. The van der Waals surface area contributed by atoms with Gasteiger partial charge in [-0.2, -0.15) is 0 Å². The van der Waals surface area contributed by atoms with Gasteiger partial charge in [-0.1, -0.05) is 26.3 Å². The second-order valence-corrected chi connectivity index (χ2v) is 7.49. The van der Waals surface area contributed by atoms with E-state index in [2.05, 4.69) is 6.58 Å². The van der Waals surface area contributed by atoms with E-state index in [0.29, 0.717) is 10.9 Å². The third-order valence-electron chi connectivity index (χ3n) is 2.60. The lowest BCUT2D eigenvalue weighted by Crippen LogP contribution is -2.39. The molecule has 20 heavy (non-hydrogen) atoms. The van der Waals surface area contributed by atoms with E-state index in [1.54, 1.807) is 0 Å². The van der Waals surface area contributed by atoms with E-state index in [1.807, 2.05) is 28.1 Å². The Hall–Kier alpha value is -0.770. The van der Waals surface area contributed by atoms with Crippen LogP contribution in [0.15, 0.2) is 12.7 Å². The molecule has 0 amide bonds. The average Bonchev–Trinajstić information content (AvgIpc) is 2.33. The molecule has 0 aliphatic rings. The van der Waals surface area contributed by atoms with Crippen molar-refractivity contribution >= 4 is 19.6 Å². The third kappa shape index (κ3) is 9.18. The highest BCUT2D eigenvalue weighted by molar-refractivity contribution is 7.69. The van der Waals surface area contributed by atoms with Gasteiger partial charge in [-0.3, -0.25) is 4.79 Å². The van der Waals surface area contributed by atoms with Gasteiger partial charge in [0.25, 0.3) is 0 Å². The molecule has 2 unspecified atom stereocenters. The van der Waals surface area contributed by atoms with Crippen LogP contribution in [0.2, 0.25) is 0 Å². The van der Waals surface area contributed by atoms with Crippen molar-refractivity contribution < 1.29 is 23.7 Å². The average molecular weight is 304 g/mol. The van der Waals surface area contributed by atoms with Crippen LogP contribution in [0.5, 0.6) is 0 Å². The summed E-state index contributed by atoms with van der Waals surface area (Å²) in [7, 11) is 3.92. The molecule has 0 aromatic carbocycles. The summed E-state index contributed by atoms with van der Waals surface area (Å²) < 4.78 is 5.67. The van der Waals surface area contributed by atoms with Crippen LogP contribution in [-0.4, -0.2) is 60.8 Å². The van der Waals surface area contributed by atoms with Gasteiger partial charge in [0, 0.05) is 12.2 Å². The molecule has 0 bridgehead atoms. The second-order valence-electron chi connectivity index (χ2n) is 5.83. The molecule has 0 aliphatic heterocycles. The number of rotatable bonds is 10. The molecule has 5 nitrogen and oxygen atoms in total. The standard InChI is InChI=1S/C14H27NO4P/c1-6-8-9-12(19-13(16)7-2)11-20(18)14(17)10-15(3,4)5/h7,12,18H,2,6,8-11H2,1,3-5H3/q+1. The number of hydrogen-bond donors (Lipinski definition) is 1. The molecule has 0 heterocycles. The van der Waals surface area contributed by atoms with E-state index < -0.39 is 20.2 Å². The van der Waals surface area contributed by atoms with Crippen molar-refractivity contribution in [3.8, 4) is 0 Å². The van der Waals surface area contributed by atoms with Crippen molar-refractivity contribution in [2.24, 2.45) is 0 Å². The molecule has 0 saturated carbocycles. The number of nitrogens with zero attached hydrogens (tertiary/aromatic N) is 1. The number of carbonyl (C=O) groups is 2. The van der Waals surface area contributed by atoms with Gasteiger partial charge in [0.1, 0.15) is 20.8 Å². The molecule has 0 fully saturated rings. The molecule has 0 aromatic heterocycles. The maximum atomic E-state index is 11.9. The molecular weight excluding hydrogens is 277 g/mol. The normalized spacial score (nSPS) is 14.4. The quantitative estimate of drug-likeness (QED) is 0.290. The molecule has 116 valence electrons. The summed E-state index contributed by atoms with van der Waals surface area (Å²) in [5, 5.41) is 0.